The van der Waals surface area contributed by atoms with E-state index in [4.69, 9.17) is 4.98 Å². The lowest BCUT2D eigenvalue weighted by molar-refractivity contribution is -0.193. The molecule has 0 radical (unpaired) electrons. The molecule has 0 amide bonds. The molecule has 2 aliphatic rings. The monoisotopic (exact) mass is 748 g/mol. The molecule has 4 aromatic rings. The maximum atomic E-state index is 12.1. The molecule has 6 rings (SSSR count). The molecule has 5 N–H and O–H groups in total. The van der Waals surface area contributed by atoms with Crippen LogP contribution in [0.25, 0.3) is 10.9 Å². The molecule has 284 valence electrons. The van der Waals surface area contributed by atoms with Gasteiger partial charge in [-0.15, -0.1) is 0 Å². The van der Waals surface area contributed by atoms with Crippen LogP contribution in [0.1, 0.15) is 54.5 Å². The van der Waals surface area contributed by atoms with Gasteiger partial charge < -0.3 is 25.6 Å². The number of pyridine rings is 1. The van der Waals surface area contributed by atoms with Gasteiger partial charge in [0.25, 0.3) is 0 Å². The number of nitrogens with one attached hydrogen (secondary N) is 4. The normalized spacial score (nSPS) is 15.5. The van der Waals surface area contributed by atoms with Crippen molar-refractivity contribution in [3.63, 3.8) is 0 Å². The number of fused-ring (bicyclic) bond motifs is 2. The molecule has 1 aromatic carbocycles. The summed E-state index contributed by atoms with van der Waals surface area (Å²) in [6, 6.07) is 11.7. The first-order chi connectivity index (χ1) is 25.2. The highest BCUT2D eigenvalue weighted by atomic mass is 19.4. The molecule has 18 heteroatoms. The molecule has 1 atom stereocenters. The van der Waals surface area contributed by atoms with E-state index in [0.717, 1.165) is 79.0 Å². The van der Waals surface area contributed by atoms with Crippen molar-refractivity contribution in [2.24, 2.45) is 0 Å². The number of H-pyrrole nitrogens is 1. The first kappa shape index (κ1) is 39.0. The van der Waals surface area contributed by atoms with E-state index in [1.165, 1.54) is 17.7 Å². The first-order valence-corrected chi connectivity index (χ1v) is 17.0. The van der Waals surface area contributed by atoms with Gasteiger partial charge in [0.2, 0.25) is 0 Å². The number of nitrogens with zero attached hydrogens (tertiary/aromatic N) is 4. The first-order valence-electron chi connectivity index (χ1n) is 17.0. The van der Waals surface area contributed by atoms with Crippen LogP contribution in [0.15, 0.2) is 48.9 Å². The highest BCUT2D eigenvalue weighted by Crippen LogP contribution is 2.33. The second kappa shape index (κ2) is 16.6. The summed E-state index contributed by atoms with van der Waals surface area (Å²) in [5.74, 6) is -4.59. The molecular weight excluding hydrogens is 710 g/mol. The molecule has 3 aromatic heterocycles. The number of aromatic amines is 1. The Morgan fingerprint density at radius 1 is 1.00 bits per heavy atom. The predicted octanol–water partition coefficient (Wildman–Crippen LogP) is 5.56. The van der Waals surface area contributed by atoms with Gasteiger partial charge in [-0.2, -0.15) is 26.3 Å². The third kappa shape index (κ3) is 9.60. The zero-order valence-electron chi connectivity index (χ0n) is 28.6. The second-order valence-electron chi connectivity index (χ2n) is 12.6. The zero-order valence-corrected chi connectivity index (χ0v) is 28.6. The van der Waals surface area contributed by atoms with E-state index in [-0.39, 0.29) is 6.54 Å². The van der Waals surface area contributed by atoms with Gasteiger partial charge in [-0.3, -0.25) is 19.7 Å². The zero-order chi connectivity index (χ0) is 38.3. The van der Waals surface area contributed by atoms with Gasteiger partial charge >= 0.3 is 29.9 Å². The Kier molecular flexibility index (Phi) is 12.2. The van der Waals surface area contributed by atoms with Crippen molar-refractivity contribution < 1.29 is 45.8 Å². The Bertz CT molecular complexity index is 1900. The highest BCUT2D eigenvalue weighted by Gasteiger charge is 2.54. The van der Waals surface area contributed by atoms with E-state index in [0.29, 0.717) is 18.3 Å². The average molecular weight is 749 g/mol. The fourth-order valence-corrected chi connectivity index (χ4v) is 6.33. The van der Waals surface area contributed by atoms with Crippen molar-refractivity contribution in [3.8, 4) is 0 Å². The summed E-state index contributed by atoms with van der Waals surface area (Å²) in [4.78, 5) is 51.0. The van der Waals surface area contributed by atoms with E-state index in [9.17, 15) is 45.8 Å². The second-order valence-corrected chi connectivity index (χ2v) is 12.6. The molecule has 12 nitrogen and oxygen atoms in total. The summed E-state index contributed by atoms with van der Waals surface area (Å²) in [5.41, 5.74) is 5.59. The number of hydrogen-bond donors (Lipinski definition) is 5. The number of piperidine rings is 1. The Morgan fingerprint density at radius 2 is 1.70 bits per heavy atom. The van der Waals surface area contributed by atoms with Crippen LogP contribution in [0.5, 0.6) is 0 Å². The van der Waals surface area contributed by atoms with E-state index in [1.807, 2.05) is 30.5 Å². The quantitative estimate of drug-likeness (QED) is 0.0964. The SMILES string of the molecule is CCc1c(NC[C@H](NCc2c[nH]c3ccccc23)C(=O)O)ncnc1N1CCC(c2ccc3c(n2)NCCC3)CC1.O=C(C(=O)C(F)(F)F)C(F)(F)F. The number of carboxylic acid groups (broad SMARTS) is 1. The van der Waals surface area contributed by atoms with Crippen LogP contribution in [0.4, 0.5) is 43.8 Å². The molecule has 53 heavy (non-hydrogen) atoms. The number of aliphatic carboxylic acids is 1. The third-order valence-corrected chi connectivity index (χ3v) is 9.11. The number of hydrogen-bond acceptors (Lipinski definition) is 10. The van der Waals surface area contributed by atoms with Gasteiger partial charge in [-0.1, -0.05) is 31.2 Å². The number of para-hydroxylation sites is 1. The minimum absolute atomic E-state index is 0.210. The lowest BCUT2D eigenvalue weighted by Gasteiger charge is -2.34. The number of carboxylic acids is 1. The van der Waals surface area contributed by atoms with Gasteiger partial charge in [0.1, 0.15) is 29.8 Å². The van der Waals surface area contributed by atoms with Crippen LogP contribution >= 0.6 is 0 Å². The number of Topliss-reactive ketones (excluding diaryl/α,β-unsaturated/α-hetero) is 2. The Hall–Kier alpha value is -5.26. The number of aromatic nitrogens is 4. The topological polar surface area (TPSA) is 165 Å². The third-order valence-electron chi connectivity index (χ3n) is 9.11. The number of carbonyl (C=O) groups excluding carboxylic acids is 2. The van der Waals surface area contributed by atoms with Crippen molar-refractivity contribution in [3.05, 3.63) is 71.3 Å². The standard InChI is InChI=1S/C31H38N8O2.C4F6O2/c1-2-23-29(35-18-27(31(40)41)34-17-22-16-33-26-8-4-3-7-24(22)26)36-19-37-30(23)39-14-11-20(12-15-39)25-10-9-21-6-5-13-32-28(21)38-25;5-3(6,7)1(11)2(12)4(8,9)10/h3-4,7-10,16,19-20,27,33-34H,2,5-6,11-15,17-18H2,1H3,(H,32,38)(H,40,41)(H,35,36,37);/t27-;/m0./s1. The van der Waals surface area contributed by atoms with Crippen LogP contribution in [-0.4, -0.2) is 87.2 Å². The van der Waals surface area contributed by atoms with Crippen LogP contribution in [0, 0.1) is 0 Å². The Morgan fingerprint density at radius 3 is 2.36 bits per heavy atom. The molecular formula is C35H38F6N8O4. The molecule has 0 bridgehead atoms. The molecule has 2 aliphatic heterocycles. The molecule has 0 saturated carbocycles. The number of benzene rings is 1. The largest absolute Gasteiger partial charge is 0.480 e. The molecule has 5 heterocycles. The van der Waals surface area contributed by atoms with Gasteiger partial charge in [-0.25, -0.2) is 15.0 Å². The van der Waals surface area contributed by atoms with Crippen molar-refractivity contribution in [2.75, 3.05) is 41.7 Å². The number of halogens is 6. The fourth-order valence-electron chi connectivity index (χ4n) is 6.33. The molecule has 1 saturated heterocycles. The maximum absolute atomic E-state index is 12.1. The predicted molar refractivity (Wildman–Crippen MR) is 184 cm³/mol. The summed E-state index contributed by atoms with van der Waals surface area (Å²) in [5, 5.41) is 21.0. The molecule has 1 fully saturated rings. The number of carbonyl (C=O) groups is 3. The Balaban J connectivity index is 0.000000390. The molecule has 0 unspecified atom stereocenters. The maximum Gasteiger partial charge on any atom is 0.458 e. The van der Waals surface area contributed by atoms with Crippen LogP contribution in [0.2, 0.25) is 0 Å². The number of rotatable bonds is 11. The summed E-state index contributed by atoms with van der Waals surface area (Å²) < 4.78 is 67.0. The van der Waals surface area contributed by atoms with E-state index >= 15 is 0 Å². The number of ketones is 2. The number of alkyl halides is 6. The van der Waals surface area contributed by atoms with Gasteiger partial charge in [0, 0.05) is 67.0 Å². The average Bonchev–Trinajstić information content (AvgIpc) is 3.56. The molecule has 0 spiro atoms. The van der Waals surface area contributed by atoms with E-state index in [1.54, 1.807) is 6.33 Å². The minimum atomic E-state index is -5.77. The van der Waals surface area contributed by atoms with E-state index in [2.05, 4.69) is 54.9 Å². The summed E-state index contributed by atoms with van der Waals surface area (Å²) in [6.07, 6.45) is -2.99. The fraction of sp³-hybridized carbons (Fsp3) is 0.429. The summed E-state index contributed by atoms with van der Waals surface area (Å²) in [7, 11) is 0. The van der Waals surface area contributed by atoms with Gasteiger partial charge in [-0.05, 0) is 55.4 Å². The smallest absolute Gasteiger partial charge is 0.458 e. The summed E-state index contributed by atoms with van der Waals surface area (Å²) >= 11 is 0. The van der Waals surface area contributed by atoms with Crippen molar-refractivity contribution in [1.29, 1.82) is 0 Å². The van der Waals surface area contributed by atoms with E-state index < -0.39 is 35.9 Å². The Labute approximate surface area is 299 Å². The lowest BCUT2D eigenvalue weighted by Crippen LogP contribution is -2.42. The molecule has 0 aliphatic carbocycles. The van der Waals surface area contributed by atoms with Crippen molar-refractivity contribution in [2.45, 2.75) is 69.9 Å². The lowest BCUT2D eigenvalue weighted by atomic mass is 9.92. The number of aryl methyl sites for hydroxylation is 1. The van der Waals surface area contributed by atoms with Crippen molar-refractivity contribution in [1.82, 2.24) is 25.3 Å². The van der Waals surface area contributed by atoms with Crippen LogP contribution in [0.3, 0.4) is 0 Å². The highest BCUT2D eigenvalue weighted by molar-refractivity contribution is 6.41. The minimum Gasteiger partial charge on any atom is -0.480 e. The number of anilines is 3. The van der Waals surface area contributed by atoms with Crippen LogP contribution in [-0.2, 0) is 33.8 Å². The van der Waals surface area contributed by atoms with Gasteiger partial charge in [0.15, 0.2) is 0 Å². The van der Waals surface area contributed by atoms with Crippen molar-refractivity contribution >= 4 is 45.9 Å². The van der Waals surface area contributed by atoms with Gasteiger partial charge in [0.05, 0.1) is 0 Å². The van der Waals surface area contributed by atoms with Crippen LogP contribution < -0.4 is 20.9 Å². The summed E-state index contributed by atoms with van der Waals surface area (Å²) in [6.45, 7) is 5.53.